The molecule has 3 rings (SSSR count). The smallest absolute Gasteiger partial charge is 0.299 e. The highest BCUT2D eigenvalue weighted by atomic mass is 79.9. The Hall–Kier alpha value is -2.24. The fourth-order valence-corrected chi connectivity index (χ4v) is 6.19. The van der Waals surface area contributed by atoms with E-state index < -0.39 is 9.04 Å². The predicted molar refractivity (Wildman–Crippen MR) is 126 cm³/mol. The first-order chi connectivity index (χ1) is 13.9. The van der Waals surface area contributed by atoms with E-state index in [9.17, 15) is 0 Å². The lowest BCUT2D eigenvalue weighted by Crippen LogP contribution is -2.47. The average molecular weight is 471 g/mol. The van der Waals surface area contributed by atoms with E-state index in [1.807, 2.05) is 18.2 Å². The highest BCUT2D eigenvalue weighted by Gasteiger charge is 2.30. The van der Waals surface area contributed by atoms with E-state index in [-0.39, 0.29) is 5.41 Å². The van der Waals surface area contributed by atoms with Crippen LogP contribution in [-0.2, 0) is 5.41 Å². The van der Waals surface area contributed by atoms with Crippen LogP contribution in [0.15, 0.2) is 71.2 Å². The van der Waals surface area contributed by atoms with Gasteiger partial charge >= 0.3 is 0 Å². The molecule has 0 radical (unpaired) electrons. The molecule has 0 saturated carbocycles. The number of rotatable bonds is 6. The third-order valence-corrected chi connectivity index (χ3v) is 8.02. The van der Waals surface area contributed by atoms with Crippen molar-refractivity contribution >= 4 is 35.3 Å². The first kappa shape index (κ1) is 21.5. The maximum absolute atomic E-state index is 6.87. The molecule has 0 aromatic heterocycles. The van der Waals surface area contributed by atoms with Crippen LogP contribution >= 0.6 is 15.9 Å². The zero-order valence-electron chi connectivity index (χ0n) is 17.5. The number of methoxy groups -OCH3 is 2. The fraction of sp³-hybridized carbons (Fsp3) is 0.250. The molecule has 29 heavy (non-hydrogen) atoms. The van der Waals surface area contributed by atoms with Crippen LogP contribution in [-0.4, -0.2) is 23.3 Å². The number of hydrogen-bond donors (Lipinski definition) is 0. The summed E-state index contributed by atoms with van der Waals surface area (Å²) in [6, 6.07) is 22.9. The van der Waals surface area contributed by atoms with Gasteiger partial charge < -0.3 is 13.9 Å². The van der Waals surface area contributed by atoms with Gasteiger partial charge in [0.25, 0.3) is 9.04 Å². The van der Waals surface area contributed by atoms with Crippen molar-refractivity contribution in [3.8, 4) is 17.2 Å². The Bertz CT molecular complexity index is 914. The van der Waals surface area contributed by atoms with E-state index in [2.05, 4.69) is 85.2 Å². The Balaban J connectivity index is 2.21. The number of ether oxygens (including phenoxy) is 2. The summed E-state index contributed by atoms with van der Waals surface area (Å²) >= 11 is 3.64. The second kappa shape index (κ2) is 9.05. The molecule has 0 aliphatic carbocycles. The molecular formula is C24H27BrO3Si. The highest BCUT2D eigenvalue weighted by molar-refractivity contribution is 9.10. The van der Waals surface area contributed by atoms with Gasteiger partial charge in [0.15, 0.2) is 11.5 Å². The summed E-state index contributed by atoms with van der Waals surface area (Å²) in [4.78, 5) is 0. The van der Waals surface area contributed by atoms with E-state index in [4.69, 9.17) is 13.9 Å². The lowest BCUT2D eigenvalue weighted by molar-refractivity contribution is 0.370. The standard InChI is InChI=1S/C24H27BrO3Si/c1-24(2,3)19-16-20(26-4)21(25)23(27-5)22(19)28-29(17-12-8-6-9-13-17)18-14-10-7-11-15-18/h6-16,29H,1-5H3. The van der Waals surface area contributed by atoms with Gasteiger partial charge in [-0.2, -0.15) is 0 Å². The number of benzene rings is 3. The van der Waals surface area contributed by atoms with Crippen LogP contribution in [0.3, 0.4) is 0 Å². The van der Waals surface area contributed by atoms with Crippen molar-refractivity contribution in [2.75, 3.05) is 14.2 Å². The van der Waals surface area contributed by atoms with Crippen LogP contribution in [0.25, 0.3) is 0 Å². The number of halogens is 1. The Morgan fingerprint density at radius 3 is 1.69 bits per heavy atom. The zero-order chi connectivity index (χ0) is 21.0. The Labute approximate surface area is 183 Å². The minimum atomic E-state index is -2.01. The van der Waals surface area contributed by atoms with Gasteiger partial charge in [0.05, 0.1) is 14.2 Å². The summed E-state index contributed by atoms with van der Waals surface area (Å²) in [6.45, 7) is 6.51. The molecule has 0 aliphatic heterocycles. The maximum Gasteiger partial charge on any atom is 0.299 e. The van der Waals surface area contributed by atoms with Crippen LogP contribution in [0.1, 0.15) is 26.3 Å². The van der Waals surface area contributed by atoms with Gasteiger partial charge in [-0.15, -0.1) is 0 Å². The topological polar surface area (TPSA) is 27.7 Å². The first-order valence-electron chi connectivity index (χ1n) is 9.58. The quantitative estimate of drug-likeness (QED) is 0.489. The minimum absolute atomic E-state index is 0.150. The molecule has 0 heterocycles. The second-order valence-corrected chi connectivity index (χ2v) is 11.0. The van der Waals surface area contributed by atoms with Crippen molar-refractivity contribution in [2.24, 2.45) is 0 Å². The van der Waals surface area contributed by atoms with Gasteiger partial charge in [-0.1, -0.05) is 81.4 Å². The largest absolute Gasteiger partial charge is 0.535 e. The second-order valence-electron chi connectivity index (χ2n) is 7.87. The normalized spacial score (nSPS) is 11.4. The molecule has 0 fully saturated rings. The van der Waals surface area contributed by atoms with Gasteiger partial charge in [-0.25, -0.2) is 0 Å². The van der Waals surface area contributed by atoms with Crippen molar-refractivity contribution in [3.63, 3.8) is 0 Å². The van der Waals surface area contributed by atoms with Crippen LogP contribution in [0, 0.1) is 0 Å². The maximum atomic E-state index is 6.87. The van der Waals surface area contributed by atoms with E-state index in [0.29, 0.717) is 5.75 Å². The van der Waals surface area contributed by atoms with Gasteiger partial charge in [-0.05, 0) is 37.8 Å². The molecule has 152 valence electrons. The lowest BCUT2D eigenvalue weighted by atomic mass is 9.86. The first-order valence-corrected chi connectivity index (χ1v) is 12.0. The average Bonchev–Trinajstić information content (AvgIpc) is 2.72. The SMILES string of the molecule is COc1cc(C(C)(C)C)c(O[SiH](c2ccccc2)c2ccccc2)c(OC)c1Br. The third kappa shape index (κ3) is 4.68. The molecular weight excluding hydrogens is 444 g/mol. The highest BCUT2D eigenvalue weighted by Crippen LogP contribution is 2.48. The minimum Gasteiger partial charge on any atom is -0.535 e. The van der Waals surface area contributed by atoms with Gasteiger partial charge in [0.2, 0.25) is 0 Å². The van der Waals surface area contributed by atoms with Gasteiger partial charge in [-0.3, -0.25) is 0 Å². The van der Waals surface area contributed by atoms with Crippen molar-refractivity contribution < 1.29 is 13.9 Å². The van der Waals surface area contributed by atoms with Gasteiger partial charge in [0, 0.05) is 5.56 Å². The van der Waals surface area contributed by atoms with Crippen molar-refractivity contribution in [2.45, 2.75) is 26.2 Å². The molecule has 0 amide bonds. The molecule has 3 aromatic carbocycles. The van der Waals surface area contributed by atoms with Crippen molar-refractivity contribution in [3.05, 3.63) is 76.8 Å². The zero-order valence-corrected chi connectivity index (χ0v) is 20.3. The summed E-state index contributed by atoms with van der Waals surface area (Å²) in [7, 11) is 1.33. The lowest BCUT2D eigenvalue weighted by Gasteiger charge is -2.29. The Morgan fingerprint density at radius 2 is 1.28 bits per heavy atom. The molecule has 0 aliphatic rings. The summed E-state index contributed by atoms with van der Waals surface area (Å²) in [5.74, 6) is 2.17. The van der Waals surface area contributed by atoms with E-state index in [0.717, 1.165) is 21.5 Å². The third-order valence-electron chi connectivity index (χ3n) is 4.81. The van der Waals surface area contributed by atoms with Crippen molar-refractivity contribution in [1.82, 2.24) is 0 Å². The van der Waals surface area contributed by atoms with Crippen LogP contribution in [0.4, 0.5) is 0 Å². The monoisotopic (exact) mass is 470 g/mol. The molecule has 0 bridgehead atoms. The van der Waals surface area contributed by atoms with E-state index in [1.165, 1.54) is 10.4 Å². The summed E-state index contributed by atoms with van der Waals surface area (Å²) in [6.07, 6.45) is 0. The molecule has 0 atom stereocenters. The predicted octanol–water partition coefficient (Wildman–Crippen LogP) is 4.68. The molecule has 5 heteroatoms. The van der Waals surface area contributed by atoms with E-state index in [1.54, 1.807) is 14.2 Å². The van der Waals surface area contributed by atoms with E-state index >= 15 is 0 Å². The molecule has 0 unspecified atom stereocenters. The summed E-state index contributed by atoms with van der Waals surface area (Å²) in [5.41, 5.74) is 0.905. The molecule has 3 nitrogen and oxygen atoms in total. The Morgan fingerprint density at radius 1 is 0.759 bits per heavy atom. The fourth-order valence-electron chi connectivity index (χ4n) is 3.30. The molecule has 0 N–H and O–H groups in total. The molecule has 0 saturated heterocycles. The van der Waals surface area contributed by atoms with Crippen LogP contribution in [0.2, 0.25) is 0 Å². The van der Waals surface area contributed by atoms with Crippen molar-refractivity contribution in [1.29, 1.82) is 0 Å². The summed E-state index contributed by atoms with van der Waals surface area (Å²) in [5, 5.41) is 2.43. The molecule has 3 aromatic rings. The van der Waals surface area contributed by atoms with Crippen LogP contribution in [0.5, 0.6) is 17.2 Å². The summed E-state index contributed by atoms with van der Waals surface area (Å²) < 4.78 is 19.0. The Kier molecular flexibility index (Phi) is 6.70. The number of hydrogen-bond acceptors (Lipinski definition) is 3. The van der Waals surface area contributed by atoms with Crippen LogP contribution < -0.4 is 24.3 Å². The van der Waals surface area contributed by atoms with Gasteiger partial charge in [0.1, 0.15) is 10.2 Å². The molecule has 0 spiro atoms.